The molecule has 0 aliphatic heterocycles. The summed E-state index contributed by atoms with van der Waals surface area (Å²) in [5, 5.41) is 14.6. The number of nitro groups is 1. The first-order valence-electron chi connectivity index (χ1n) is 6.63. The summed E-state index contributed by atoms with van der Waals surface area (Å²) in [6.45, 7) is 0.435. The summed E-state index contributed by atoms with van der Waals surface area (Å²) in [6, 6.07) is 13.8. The van der Waals surface area contributed by atoms with Gasteiger partial charge in [-0.05, 0) is 17.7 Å². The fraction of sp³-hybridized carbons (Fsp3) is 0.0625. The molecular weight excluding hydrogens is 284 g/mol. The largest absolute Gasteiger partial charge is 0.457 e. The number of anilines is 1. The first kappa shape index (κ1) is 13.8. The molecule has 0 spiro atoms. The number of hydrogen-bond acceptors (Lipinski definition) is 5. The van der Waals surface area contributed by atoms with E-state index >= 15 is 0 Å². The minimum atomic E-state index is -0.543. The Bertz CT molecular complexity index is 888. The maximum atomic E-state index is 11.7. The summed E-state index contributed by atoms with van der Waals surface area (Å²) >= 11 is 0. The highest BCUT2D eigenvalue weighted by Crippen LogP contribution is 2.32. The smallest absolute Gasteiger partial charge is 0.335 e. The van der Waals surface area contributed by atoms with Gasteiger partial charge in [-0.2, -0.15) is 0 Å². The molecule has 1 aromatic heterocycles. The topological polar surface area (TPSA) is 85.4 Å². The van der Waals surface area contributed by atoms with Crippen LogP contribution in [0.5, 0.6) is 0 Å². The van der Waals surface area contributed by atoms with Gasteiger partial charge >= 0.3 is 5.69 Å². The molecule has 6 heteroatoms. The molecule has 6 nitrogen and oxygen atoms in total. The summed E-state index contributed by atoms with van der Waals surface area (Å²) in [4.78, 5) is 22.6. The van der Waals surface area contributed by atoms with Crippen molar-refractivity contribution in [2.75, 3.05) is 5.32 Å². The van der Waals surface area contributed by atoms with Crippen LogP contribution in [0.1, 0.15) is 5.56 Å². The van der Waals surface area contributed by atoms with Gasteiger partial charge < -0.3 is 9.73 Å². The van der Waals surface area contributed by atoms with Crippen molar-refractivity contribution in [2.24, 2.45) is 0 Å². The molecular formula is C16H12N2O4. The van der Waals surface area contributed by atoms with E-state index in [4.69, 9.17) is 4.42 Å². The van der Waals surface area contributed by atoms with Crippen LogP contribution in [0.4, 0.5) is 11.4 Å². The number of nitrogens with zero attached hydrogens (tertiary/aromatic N) is 1. The average molecular weight is 296 g/mol. The Morgan fingerprint density at radius 3 is 2.59 bits per heavy atom. The third-order valence-electron chi connectivity index (χ3n) is 3.31. The summed E-state index contributed by atoms with van der Waals surface area (Å²) in [5.41, 5.74) is 0.753. The van der Waals surface area contributed by atoms with Gasteiger partial charge in [-0.25, -0.2) is 0 Å². The molecule has 110 valence electrons. The summed E-state index contributed by atoms with van der Waals surface area (Å²) < 4.78 is 5.20. The third-order valence-corrected chi connectivity index (χ3v) is 3.31. The predicted octanol–water partition coefficient (Wildman–Crippen LogP) is 3.31. The Morgan fingerprint density at radius 1 is 1.09 bits per heavy atom. The van der Waals surface area contributed by atoms with E-state index in [-0.39, 0.29) is 22.1 Å². The quantitative estimate of drug-likeness (QED) is 0.589. The maximum Gasteiger partial charge on any atom is 0.335 e. The Morgan fingerprint density at radius 2 is 1.86 bits per heavy atom. The van der Waals surface area contributed by atoms with Gasteiger partial charge in [0.25, 0.3) is 0 Å². The Balaban J connectivity index is 2.04. The van der Waals surface area contributed by atoms with Gasteiger partial charge in [0.05, 0.1) is 16.6 Å². The molecule has 0 aliphatic rings. The fourth-order valence-corrected chi connectivity index (χ4v) is 2.26. The van der Waals surface area contributed by atoms with Gasteiger partial charge in [-0.3, -0.25) is 14.9 Å². The van der Waals surface area contributed by atoms with Crippen LogP contribution >= 0.6 is 0 Å². The second kappa shape index (κ2) is 5.69. The van der Waals surface area contributed by atoms with Gasteiger partial charge in [0.15, 0.2) is 5.43 Å². The Hall–Kier alpha value is -3.15. The van der Waals surface area contributed by atoms with E-state index in [1.54, 1.807) is 0 Å². The molecule has 1 heterocycles. The van der Waals surface area contributed by atoms with E-state index in [9.17, 15) is 14.9 Å². The average Bonchev–Trinajstić information content (AvgIpc) is 2.53. The van der Waals surface area contributed by atoms with Crippen molar-refractivity contribution < 1.29 is 9.34 Å². The summed E-state index contributed by atoms with van der Waals surface area (Å²) in [7, 11) is 0. The number of rotatable bonds is 4. The van der Waals surface area contributed by atoms with E-state index in [2.05, 4.69) is 5.32 Å². The van der Waals surface area contributed by atoms with Gasteiger partial charge in [0, 0.05) is 12.6 Å². The van der Waals surface area contributed by atoms with Crippen LogP contribution in [-0.2, 0) is 6.54 Å². The molecule has 0 amide bonds. The third kappa shape index (κ3) is 2.54. The van der Waals surface area contributed by atoms with Crippen molar-refractivity contribution >= 4 is 22.3 Å². The lowest BCUT2D eigenvalue weighted by molar-refractivity contribution is -0.382. The Labute approximate surface area is 125 Å². The first-order valence-corrected chi connectivity index (χ1v) is 6.63. The molecule has 0 radical (unpaired) electrons. The van der Waals surface area contributed by atoms with Crippen LogP contribution in [-0.4, -0.2) is 4.92 Å². The normalized spacial score (nSPS) is 10.5. The lowest BCUT2D eigenvalue weighted by Crippen LogP contribution is -2.05. The lowest BCUT2D eigenvalue weighted by Gasteiger charge is -2.08. The highest BCUT2D eigenvalue weighted by atomic mass is 16.6. The van der Waals surface area contributed by atoms with E-state index in [0.29, 0.717) is 12.2 Å². The fourth-order valence-electron chi connectivity index (χ4n) is 2.26. The van der Waals surface area contributed by atoms with Crippen LogP contribution in [0.25, 0.3) is 11.0 Å². The van der Waals surface area contributed by atoms with Crippen molar-refractivity contribution in [1.29, 1.82) is 0 Å². The standard InChI is InChI=1S/C16H12N2O4/c19-14-8-9-22-16-12(14)6-7-13(15(16)18(20)21)17-10-11-4-2-1-3-5-11/h1-9,17H,10H2. The molecule has 0 saturated heterocycles. The molecule has 2 aromatic carbocycles. The van der Waals surface area contributed by atoms with Gasteiger partial charge in [0.1, 0.15) is 5.69 Å². The molecule has 0 saturated carbocycles. The van der Waals surface area contributed by atoms with E-state index < -0.39 is 4.92 Å². The zero-order valence-electron chi connectivity index (χ0n) is 11.5. The van der Waals surface area contributed by atoms with Gasteiger partial charge in [-0.1, -0.05) is 30.3 Å². The number of fused-ring (bicyclic) bond motifs is 1. The van der Waals surface area contributed by atoms with Crippen LogP contribution in [0.15, 0.2) is 64.0 Å². The highest BCUT2D eigenvalue weighted by molar-refractivity contribution is 5.91. The number of hydrogen-bond donors (Lipinski definition) is 1. The van der Waals surface area contributed by atoms with Crippen LogP contribution in [0, 0.1) is 10.1 Å². The molecule has 0 unspecified atom stereocenters. The van der Waals surface area contributed by atoms with E-state index in [1.807, 2.05) is 30.3 Å². The van der Waals surface area contributed by atoms with Crippen molar-refractivity contribution in [1.82, 2.24) is 0 Å². The summed E-state index contributed by atoms with van der Waals surface area (Å²) in [5.74, 6) is 0. The Kier molecular flexibility index (Phi) is 3.57. The number of nitro benzene ring substituents is 1. The summed E-state index contributed by atoms with van der Waals surface area (Å²) in [6.07, 6.45) is 1.17. The molecule has 3 rings (SSSR count). The zero-order chi connectivity index (χ0) is 15.5. The lowest BCUT2D eigenvalue weighted by atomic mass is 10.1. The van der Waals surface area contributed by atoms with E-state index in [1.165, 1.54) is 24.5 Å². The molecule has 0 aliphatic carbocycles. The second-order valence-electron chi connectivity index (χ2n) is 4.72. The number of nitrogens with one attached hydrogen (secondary N) is 1. The minimum absolute atomic E-state index is 0.0180. The van der Waals surface area contributed by atoms with Crippen LogP contribution < -0.4 is 10.7 Å². The van der Waals surface area contributed by atoms with Crippen molar-refractivity contribution in [3.63, 3.8) is 0 Å². The van der Waals surface area contributed by atoms with Gasteiger partial charge in [-0.15, -0.1) is 0 Å². The molecule has 0 atom stereocenters. The van der Waals surface area contributed by atoms with Crippen molar-refractivity contribution in [3.05, 3.63) is 80.7 Å². The van der Waals surface area contributed by atoms with E-state index in [0.717, 1.165) is 5.56 Å². The molecule has 0 bridgehead atoms. The molecule has 1 N–H and O–H groups in total. The first-order chi connectivity index (χ1) is 10.7. The molecule has 0 fully saturated rings. The number of benzene rings is 2. The predicted molar refractivity (Wildman–Crippen MR) is 82.9 cm³/mol. The monoisotopic (exact) mass is 296 g/mol. The maximum absolute atomic E-state index is 11.7. The zero-order valence-corrected chi connectivity index (χ0v) is 11.5. The van der Waals surface area contributed by atoms with Crippen LogP contribution in [0.2, 0.25) is 0 Å². The van der Waals surface area contributed by atoms with Crippen molar-refractivity contribution in [3.8, 4) is 0 Å². The second-order valence-corrected chi connectivity index (χ2v) is 4.72. The highest BCUT2D eigenvalue weighted by Gasteiger charge is 2.21. The van der Waals surface area contributed by atoms with Crippen LogP contribution in [0.3, 0.4) is 0 Å². The van der Waals surface area contributed by atoms with Crippen molar-refractivity contribution in [2.45, 2.75) is 6.54 Å². The van der Waals surface area contributed by atoms with Gasteiger partial charge in [0.2, 0.25) is 5.58 Å². The molecule has 22 heavy (non-hydrogen) atoms. The minimum Gasteiger partial charge on any atom is -0.457 e. The SMILES string of the molecule is O=c1ccoc2c([N+](=O)[O-])c(NCc3ccccc3)ccc12. The molecule has 3 aromatic rings.